The fourth-order valence-corrected chi connectivity index (χ4v) is 3.67. The Balaban J connectivity index is 2.11. The summed E-state index contributed by atoms with van der Waals surface area (Å²) in [7, 11) is -1.81. The third-order valence-corrected chi connectivity index (χ3v) is 4.72. The average Bonchev–Trinajstić information content (AvgIpc) is 2.62. The van der Waals surface area contributed by atoms with Crippen LogP contribution in [-0.2, 0) is 17.1 Å². The van der Waals surface area contributed by atoms with Crippen LogP contribution < -0.4 is 0 Å². The molecule has 0 saturated carbocycles. The highest BCUT2D eigenvalue weighted by Crippen LogP contribution is 2.30. The fraction of sp³-hybridized carbons (Fsp3) is 0.700. The first-order chi connectivity index (χ1) is 7.87. The Labute approximate surface area is 101 Å². The van der Waals surface area contributed by atoms with Crippen LogP contribution in [0.5, 0.6) is 0 Å². The standard InChI is InChI=1S/C10H17N3O3S/c1-3-4-10(14)7-13(8-10)17(15,16)9-5-11-12(2)6-9/h5-6,14H,3-4,7-8H2,1-2H3. The summed E-state index contributed by atoms with van der Waals surface area (Å²) in [6.45, 7) is 2.33. The van der Waals surface area contributed by atoms with Gasteiger partial charge in [0.1, 0.15) is 4.90 Å². The van der Waals surface area contributed by atoms with E-state index in [0.717, 1.165) is 6.42 Å². The number of aryl methyl sites for hydroxylation is 1. The van der Waals surface area contributed by atoms with Gasteiger partial charge in [-0.3, -0.25) is 4.68 Å². The minimum atomic E-state index is -3.48. The molecule has 1 saturated heterocycles. The molecule has 96 valence electrons. The van der Waals surface area contributed by atoms with Gasteiger partial charge in [0.05, 0.1) is 11.8 Å². The predicted octanol–water partition coefficient (Wildman–Crippen LogP) is -0.0444. The van der Waals surface area contributed by atoms with E-state index >= 15 is 0 Å². The van der Waals surface area contributed by atoms with Crippen molar-refractivity contribution in [1.29, 1.82) is 0 Å². The molecule has 1 aromatic rings. The van der Waals surface area contributed by atoms with E-state index in [0.29, 0.717) is 6.42 Å². The molecule has 0 unspecified atom stereocenters. The minimum absolute atomic E-state index is 0.179. The average molecular weight is 259 g/mol. The van der Waals surface area contributed by atoms with Crippen LogP contribution >= 0.6 is 0 Å². The normalized spacial score (nSPS) is 20.2. The molecule has 0 atom stereocenters. The van der Waals surface area contributed by atoms with Crippen LogP contribution in [0.2, 0.25) is 0 Å². The summed E-state index contributed by atoms with van der Waals surface area (Å²) in [4.78, 5) is 0.179. The van der Waals surface area contributed by atoms with Crippen LogP contribution in [0.1, 0.15) is 19.8 Å². The quantitative estimate of drug-likeness (QED) is 0.823. The van der Waals surface area contributed by atoms with Gasteiger partial charge in [0, 0.05) is 26.3 Å². The topological polar surface area (TPSA) is 75.4 Å². The maximum atomic E-state index is 12.1. The van der Waals surface area contributed by atoms with Crippen molar-refractivity contribution in [2.45, 2.75) is 30.3 Å². The van der Waals surface area contributed by atoms with E-state index in [1.54, 1.807) is 7.05 Å². The molecule has 0 spiro atoms. The molecule has 0 radical (unpaired) electrons. The fourth-order valence-electron chi connectivity index (χ4n) is 2.08. The van der Waals surface area contributed by atoms with Gasteiger partial charge in [-0.05, 0) is 6.42 Å². The minimum Gasteiger partial charge on any atom is -0.387 e. The van der Waals surface area contributed by atoms with Crippen LogP contribution in [0.3, 0.4) is 0 Å². The molecular formula is C10H17N3O3S. The van der Waals surface area contributed by atoms with Crippen molar-refractivity contribution >= 4 is 10.0 Å². The van der Waals surface area contributed by atoms with Crippen LogP contribution in [0.25, 0.3) is 0 Å². The zero-order valence-corrected chi connectivity index (χ0v) is 10.8. The molecule has 1 aromatic heterocycles. The van der Waals surface area contributed by atoms with Gasteiger partial charge >= 0.3 is 0 Å². The van der Waals surface area contributed by atoms with Crippen molar-refractivity contribution in [2.75, 3.05) is 13.1 Å². The van der Waals surface area contributed by atoms with E-state index < -0.39 is 15.6 Å². The third kappa shape index (κ3) is 2.22. The van der Waals surface area contributed by atoms with Crippen molar-refractivity contribution in [3.63, 3.8) is 0 Å². The Morgan fingerprint density at radius 2 is 2.18 bits per heavy atom. The number of rotatable bonds is 4. The number of hydrogen-bond acceptors (Lipinski definition) is 4. The van der Waals surface area contributed by atoms with Gasteiger partial charge in [0.2, 0.25) is 10.0 Å². The Morgan fingerprint density at radius 3 is 2.65 bits per heavy atom. The van der Waals surface area contributed by atoms with Crippen molar-refractivity contribution in [1.82, 2.24) is 14.1 Å². The highest BCUT2D eigenvalue weighted by atomic mass is 32.2. The molecule has 2 heterocycles. The van der Waals surface area contributed by atoms with E-state index in [-0.39, 0.29) is 18.0 Å². The first kappa shape index (κ1) is 12.5. The van der Waals surface area contributed by atoms with Crippen LogP contribution in [0.15, 0.2) is 17.3 Å². The monoisotopic (exact) mass is 259 g/mol. The first-order valence-electron chi connectivity index (χ1n) is 5.58. The maximum Gasteiger partial charge on any atom is 0.246 e. The summed E-state index contributed by atoms with van der Waals surface area (Å²) < 4.78 is 26.9. The lowest BCUT2D eigenvalue weighted by Gasteiger charge is -2.45. The zero-order valence-electron chi connectivity index (χ0n) is 10.00. The maximum absolute atomic E-state index is 12.1. The SMILES string of the molecule is CCCC1(O)CN(S(=O)(=O)c2cnn(C)c2)C1. The van der Waals surface area contributed by atoms with Crippen LogP contribution in [0.4, 0.5) is 0 Å². The van der Waals surface area contributed by atoms with E-state index in [2.05, 4.69) is 5.10 Å². The Hall–Kier alpha value is -0.920. The van der Waals surface area contributed by atoms with Crippen molar-refractivity contribution < 1.29 is 13.5 Å². The van der Waals surface area contributed by atoms with Crippen LogP contribution in [0, 0.1) is 0 Å². The number of aliphatic hydroxyl groups is 1. The van der Waals surface area contributed by atoms with Crippen molar-refractivity contribution in [2.24, 2.45) is 7.05 Å². The molecule has 17 heavy (non-hydrogen) atoms. The first-order valence-corrected chi connectivity index (χ1v) is 7.02. The third-order valence-electron chi connectivity index (χ3n) is 2.98. The number of hydrogen-bond donors (Lipinski definition) is 1. The summed E-state index contributed by atoms with van der Waals surface area (Å²) in [6.07, 6.45) is 4.27. The highest BCUT2D eigenvalue weighted by Gasteiger charge is 2.46. The largest absolute Gasteiger partial charge is 0.387 e. The molecule has 2 rings (SSSR count). The lowest BCUT2D eigenvalue weighted by Crippen LogP contribution is -2.63. The molecular weight excluding hydrogens is 242 g/mol. The zero-order chi connectivity index (χ0) is 12.7. The van der Waals surface area contributed by atoms with E-state index in [9.17, 15) is 13.5 Å². The molecule has 1 aliphatic rings. The van der Waals surface area contributed by atoms with E-state index in [1.165, 1.54) is 21.4 Å². The highest BCUT2D eigenvalue weighted by molar-refractivity contribution is 7.89. The van der Waals surface area contributed by atoms with Gasteiger partial charge in [-0.15, -0.1) is 0 Å². The number of nitrogens with zero attached hydrogens (tertiary/aromatic N) is 3. The summed E-state index contributed by atoms with van der Waals surface area (Å²) in [6, 6.07) is 0. The molecule has 1 N–H and O–H groups in total. The summed E-state index contributed by atoms with van der Waals surface area (Å²) >= 11 is 0. The van der Waals surface area contributed by atoms with Gasteiger partial charge in [0.25, 0.3) is 0 Å². The molecule has 1 aliphatic heterocycles. The van der Waals surface area contributed by atoms with Gasteiger partial charge in [-0.2, -0.15) is 9.40 Å². The second-order valence-corrected chi connectivity index (χ2v) is 6.54. The molecule has 0 amide bonds. The lowest BCUT2D eigenvalue weighted by atomic mass is 9.92. The second kappa shape index (κ2) is 4.08. The van der Waals surface area contributed by atoms with E-state index in [1.807, 2.05) is 6.92 Å². The van der Waals surface area contributed by atoms with E-state index in [4.69, 9.17) is 0 Å². The van der Waals surface area contributed by atoms with Crippen molar-refractivity contribution in [3.05, 3.63) is 12.4 Å². The number of sulfonamides is 1. The summed E-state index contributed by atoms with van der Waals surface area (Å²) in [5.41, 5.74) is -0.843. The lowest BCUT2D eigenvalue weighted by molar-refractivity contribution is -0.0653. The van der Waals surface area contributed by atoms with Crippen LogP contribution in [-0.4, -0.2) is 46.3 Å². The Kier molecular flexibility index (Phi) is 3.01. The predicted molar refractivity (Wildman–Crippen MR) is 61.8 cm³/mol. The number of aromatic nitrogens is 2. The molecule has 0 aromatic carbocycles. The van der Waals surface area contributed by atoms with Gasteiger partial charge in [-0.25, -0.2) is 8.42 Å². The molecule has 6 nitrogen and oxygen atoms in total. The second-order valence-electron chi connectivity index (χ2n) is 4.60. The van der Waals surface area contributed by atoms with Crippen molar-refractivity contribution in [3.8, 4) is 0 Å². The Bertz CT molecular complexity index is 503. The Morgan fingerprint density at radius 1 is 1.53 bits per heavy atom. The molecule has 1 fully saturated rings. The summed E-state index contributed by atoms with van der Waals surface area (Å²) in [5, 5.41) is 13.8. The van der Waals surface area contributed by atoms with Gasteiger partial charge < -0.3 is 5.11 Å². The molecule has 0 bridgehead atoms. The van der Waals surface area contributed by atoms with Gasteiger partial charge in [0.15, 0.2) is 0 Å². The molecule has 0 aliphatic carbocycles. The number of β-amino-alcohol motifs (C(OH)–C–C–N with tert-alkyl or cyclic N) is 1. The smallest absolute Gasteiger partial charge is 0.246 e. The summed E-state index contributed by atoms with van der Waals surface area (Å²) in [5.74, 6) is 0. The molecule has 7 heteroatoms. The van der Waals surface area contributed by atoms with Gasteiger partial charge in [-0.1, -0.05) is 13.3 Å².